The van der Waals surface area contributed by atoms with Crippen molar-refractivity contribution in [3.63, 3.8) is 0 Å². The summed E-state index contributed by atoms with van der Waals surface area (Å²) in [6.07, 6.45) is 0.695. The molecule has 1 aliphatic rings. The highest BCUT2D eigenvalue weighted by Crippen LogP contribution is 2.20. The number of hydrogen-bond donors (Lipinski definition) is 0. The van der Waals surface area contributed by atoms with Crippen LogP contribution in [-0.4, -0.2) is 29.2 Å². The second kappa shape index (κ2) is 8.32. The molecule has 0 N–H and O–H groups in total. The van der Waals surface area contributed by atoms with Crippen LogP contribution in [0.5, 0.6) is 0 Å². The quantitative estimate of drug-likeness (QED) is 0.751. The fraction of sp³-hybridized carbons (Fsp3) is 0.300. The predicted octanol–water partition coefficient (Wildman–Crippen LogP) is 4.41. The highest BCUT2D eigenvalue weighted by molar-refractivity contribution is 6.30. The van der Waals surface area contributed by atoms with Gasteiger partial charge in [0.2, 0.25) is 5.91 Å². The molecule has 0 aliphatic carbocycles. The first kappa shape index (κ1) is 18.4. The van der Waals surface area contributed by atoms with E-state index in [0.29, 0.717) is 42.2 Å². The molecule has 0 saturated carbocycles. The number of hydrogen-bond acceptors (Lipinski definition) is 3. The summed E-state index contributed by atoms with van der Waals surface area (Å²) >= 11 is 6.03. The van der Waals surface area contributed by atoms with Crippen molar-refractivity contribution in [2.45, 2.75) is 32.4 Å². The third kappa shape index (κ3) is 4.61. The third-order valence-corrected chi connectivity index (χ3v) is 4.47. The maximum Gasteiger partial charge on any atom is 0.222 e. The Hall–Kier alpha value is -2.40. The van der Waals surface area contributed by atoms with Crippen LogP contribution >= 0.6 is 11.6 Å². The number of benzene rings is 2. The first-order valence-electron chi connectivity index (χ1n) is 8.56. The van der Waals surface area contributed by atoms with Crippen molar-refractivity contribution in [1.29, 1.82) is 0 Å². The molecule has 0 saturated heterocycles. The zero-order valence-corrected chi connectivity index (χ0v) is 15.2. The minimum atomic E-state index is -0.308. The van der Waals surface area contributed by atoms with Gasteiger partial charge >= 0.3 is 0 Å². The van der Waals surface area contributed by atoms with Gasteiger partial charge in [-0.25, -0.2) is 4.39 Å². The van der Waals surface area contributed by atoms with Gasteiger partial charge in [-0.2, -0.15) is 0 Å². The molecule has 0 fully saturated rings. The number of rotatable bonds is 6. The third-order valence-electron chi connectivity index (χ3n) is 4.23. The summed E-state index contributed by atoms with van der Waals surface area (Å²) in [5, 5.41) is 4.72. The van der Waals surface area contributed by atoms with E-state index in [2.05, 4.69) is 5.16 Å². The molecule has 3 rings (SSSR count). The van der Waals surface area contributed by atoms with Crippen molar-refractivity contribution in [3.05, 3.63) is 70.5 Å². The maximum atomic E-state index is 13.4. The Morgan fingerprint density at radius 1 is 1.31 bits per heavy atom. The van der Waals surface area contributed by atoms with Gasteiger partial charge in [-0.3, -0.25) is 4.79 Å². The monoisotopic (exact) mass is 374 g/mol. The first-order chi connectivity index (χ1) is 12.5. The molecule has 26 heavy (non-hydrogen) atoms. The summed E-state index contributed by atoms with van der Waals surface area (Å²) in [5.41, 5.74) is 2.36. The topological polar surface area (TPSA) is 41.9 Å². The Morgan fingerprint density at radius 2 is 2.12 bits per heavy atom. The van der Waals surface area contributed by atoms with E-state index in [4.69, 9.17) is 16.4 Å². The van der Waals surface area contributed by atoms with E-state index in [0.717, 1.165) is 5.56 Å². The Kier molecular flexibility index (Phi) is 5.89. The Morgan fingerprint density at radius 3 is 2.85 bits per heavy atom. The average Bonchev–Trinajstić information content (AvgIpc) is 3.09. The minimum absolute atomic E-state index is 0.0350. The van der Waals surface area contributed by atoms with Gasteiger partial charge in [0.05, 0.1) is 12.3 Å². The summed E-state index contributed by atoms with van der Waals surface area (Å²) < 4.78 is 13.4. The molecule has 1 aliphatic heterocycles. The second-order valence-electron chi connectivity index (χ2n) is 6.24. The lowest BCUT2D eigenvalue weighted by Crippen LogP contribution is -2.36. The van der Waals surface area contributed by atoms with Crippen LogP contribution in [0.1, 0.15) is 30.9 Å². The Balaban J connectivity index is 1.66. The van der Waals surface area contributed by atoms with Crippen molar-refractivity contribution in [2.24, 2.45) is 5.16 Å². The number of carbonyl (C=O) groups is 1. The highest BCUT2D eigenvalue weighted by Gasteiger charge is 2.26. The molecule has 0 radical (unpaired) electrons. The second-order valence-corrected chi connectivity index (χ2v) is 6.67. The normalized spacial score (nSPS) is 16.1. The van der Waals surface area contributed by atoms with Crippen molar-refractivity contribution >= 4 is 23.2 Å². The molecule has 2 aromatic carbocycles. The molecule has 0 aromatic heterocycles. The number of halogens is 2. The van der Waals surface area contributed by atoms with Gasteiger partial charge in [0.1, 0.15) is 5.82 Å². The van der Waals surface area contributed by atoms with E-state index in [1.807, 2.05) is 25.1 Å². The lowest BCUT2D eigenvalue weighted by Gasteiger charge is -2.24. The van der Waals surface area contributed by atoms with E-state index >= 15 is 0 Å². The van der Waals surface area contributed by atoms with Crippen LogP contribution in [0.25, 0.3) is 0 Å². The van der Waals surface area contributed by atoms with Crippen LogP contribution in [0.2, 0.25) is 5.02 Å². The summed E-state index contributed by atoms with van der Waals surface area (Å²) in [7, 11) is 0. The van der Waals surface area contributed by atoms with Crippen molar-refractivity contribution in [3.8, 4) is 0 Å². The van der Waals surface area contributed by atoms with Crippen LogP contribution in [0.3, 0.4) is 0 Å². The van der Waals surface area contributed by atoms with E-state index in [9.17, 15) is 9.18 Å². The van der Waals surface area contributed by atoms with E-state index in [1.165, 1.54) is 12.1 Å². The SMILES string of the molecule is CCC(=O)N(Cc1cccc(Cl)c1)C[C@@H]1CC(c2cccc(F)c2)=NO1. The first-order valence-corrected chi connectivity index (χ1v) is 8.93. The van der Waals surface area contributed by atoms with Gasteiger partial charge in [0.25, 0.3) is 0 Å². The summed E-state index contributed by atoms with van der Waals surface area (Å²) in [6, 6.07) is 13.7. The van der Waals surface area contributed by atoms with Gasteiger partial charge in [0, 0.05) is 30.0 Å². The maximum absolute atomic E-state index is 13.4. The minimum Gasteiger partial charge on any atom is -0.390 e. The van der Waals surface area contributed by atoms with Crippen LogP contribution in [0, 0.1) is 5.82 Å². The van der Waals surface area contributed by atoms with Gasteiger partial charge in [-0.15, -0.1) is 0 Å². The largest absolute Gasteiger partial charge is 0.390 e. The lowest BCUT2D eigenvalue weighted by molar-refractivity contribution is -0.133. The molecule has 1 heterocycles. The van der Waals surface area contributed by atoms with Crippen molar-refractivity contribution < 1.29 is 14.0 Å². The molecule has 2 aromatic rings. The Bertz CT molecular complexity index is 825. The lowest BCUT2D eigenvalue weighted by atomic mass is 10.0. The standard InChI is InChI=1S/C20H20ClFN2O2/c1-2-20(25)24(12-14-5-3-7-16(21)9-14)13-18-11-19(23-26-18)15-6-4-8-17(22)10-15/h3-10,18H,2,11-13H2,1H3/t18-/m0/s1. The summed E-state index contributed by atoms with van der Waals surface area (Å²) in [5.74, 6) is -0.273. The molecule has 136 valence electrons. The zero-order chi connectivity index (χ0) is 18.5. The van der Waals surface area contributed by atoms with Crippen LogP contribution in [0.15, 0.2) is 53.7 Å². The van der Waals surface area contributed by atoms with Crippen molar-refractivity contribution in [2.75, 3.05) is 6.54 Å². The molecule has 1 amide bonds. The average molecular weight is 375 g/mol. The van der Waals surface area contributed by atoms with E-state index in [1.54, 1.807) is 23.1 Å². The molecule has 0 spiro atoms. The molecular weight excluding hydrogens is 355 g/mol. The van der Waals surface area contributed by atoms with Crippen LogP contribution in [0.4, 0.5) is 4.39 Å². The molecular formula is C20H20ClFN2O2. The van der Waals surface area contributed by atoms with Crippen molar-refractivity contribution in [1.82, 2.24) is 4.90 Å². The zero-order valence-electron chi connectivity index (χ0n) is 14.5. The molecule has 0 unspecified atom stereocenters. The van der Waals surface area contributed by atoms with Gasteiger partial charge < -0.3 is 9.74 Å². The van der Waals surface area contributed by atoms with Gasteiger partial charge in [0.15, 0.2) is 6.10 Å². The number of amides is 1. The fourth-order valence-corrected chi connectivity index (χ4v) is 3.16. The molecule has 1 atom stereocenters. The predicted molar refractivity (Wildman–Crippen MR) is 99.6 cm³/mol. The molecule has 0 bridgehead atoms. The summed E-state index contributed by atoms with van der Waals surface area (Å²) in [4.78, 5) is 19.6. The van der Waals surface area contributed by atoms with Crippen LogP contribution in [-0.2, 0) is 16.2 Å². The van der Waals surface area contributed by atoms with Gasteiger partial charge in [-0.05, 0) is 29.8 Å². The fourth-order valence-electron chi connectivity index (χ4n) is 2.94. The number of oxime groups is 1. The van der Waals surface area contributed by atoms with E-state index < -0.39 is 0 Å². The smallest absolute Gasteiger partial charge is 0.222 e. The Labute approximate surface area is 157 Å². The van der Waals surface area contributed by atoms with Gasteiger partial charge in [-0.1, -0.05) is 47.9 Å². The van der Waals surface area contributed by atoms with E-state index in [-0.39, 0.29) is 17.8 Å². The number of nitrogens with zero attached hydrogens (tertiary/aromatic N) is 2. The highest BCUT2D eigenvalue weighted by atomic mass is 35.5. The summed E-state index contributed by atoms with van der Waals surface area (Å²) in [6.45, 7) is 2.71. The van der Waals surface area contributed by atoms with Crippen LogP contribution < -0.4 is 0 Å². The number of carbonyl (C=O) groups excluding carboxylic acids is 1. The molecule has 6 heteroatoms. The molecule has 4 nitrogen and oxygen atoms in total.